The first-order valence-electron chi connectivity index (χ1n) is 5.63. The average molecular weight is 242 g/mol. The van der Waals surface area contributed by atoms with Crippen LogP contribution in [-0.2, 0) is 0 Å². The number of rotatable bonds is 2. The third kappa shape index (κ3) is 2.66. The number of carbonyl (C=O) groups excluding carboxylic acids is 1. The van der Waals surface area contributed by atoms with E-state index in [9.17, 15) is 9.59 Å². The molecule has 0 aliphatic carbocycles. The first kappa shape index (κ1) is 12.1. The Labute approximate surface area is 105 Å². The second-order valence-corrected chi connectivity index (χ2v) is 4.21. The lowest BCUT2D eigenvalue weighted by Gasteiger charge is -2.08. The third-order valence-electron chi connectivity index (χ3n) is 2.67. The van der Waals surface area contributed by atoms with E-state index in [1.54, 1.807) is 6.07 Å². The molecule has 1 heterocycles. The number of pyridine rings is 1. The fourth-order valence-corrected chi connectivity index (χ4v) is 1.73. The lowest BCUT2D eigenvalue weighted by molar-refractivity contribution is 0.102. The molecule has 2 N–H and O–H groups in total. The van der Waals surface area contributed by atoms with E-state index in [4.69, 9.17) is 0 Å². The number of aromatic nitrogens is 1. The van der Waals surface area contributed by atoms with Crippen LogP contribution in [0.25, 0.3) is 0 Å². The second-order valence-electron chi connectivity index (χ2n) is 4.21. The molecule has 2 rings (SSSR count). The molecular formula is C14H14N2O2. The summed E-state index contributed by atoms with van der Waals surface area (Å²) in [5, 5.41) is 2.79. The number of aromatic amines is 1. The zero-order chi connectivity index (χ0) is 13.1. The van der Waals surface area contributed by atoms with Crippen LogP contribution in [0.1, 0.15) is 21.5 Å². The van der Waals surface area contributed by atoms with Crippen LogP contribution >= 0.6 is 0 Å². The van der Waals surface area contributed by atoms with E-state index in [0.717, 1.165) is 16.8 Å². The molecule has 4 heteroatoms. The molecule has 0 spiro atoms. The molecule has 0 aliphatic heterocycles. The van der Waals surface area contributed by atoms with Gasteiger partial charge in [0.2, 0.25) is 5.56 Å². The van der Waals surface area contributed by atoms with Crippen LogP contribution in [0, 0.1) is 13.8 Å². The average Bonchev–Trinajstić information content (AvgIpc) is 2.32. The van der Waals surface area contributed by atoms with Gasteiger partial charge in [0.05, 0.1) is 0 Å². The zero-order valence-corrected chi connectivity index (χ0v) is 10.3. The number of hydrogen-bond donors (Lipinski definition) is 2. The van der Waals surface area contributed by atoms with E-state index in [-0.39, 0.29) is 11.5 Å². The summed E-state index contributed by atoms with van der Waals surface area (Å²) in [6.07, 6.45) is 1.46. The smallest absolute Gasteiger partial charge is 0.255 e. The molecule has 92 valence electrons. The third-order valence-corrected chi connectivity index (χ3v) is 2.67. The normalized spacial score (nSPS) is 10.1. The van der Waals surface area contributed by atoms with E-state index >= 15 is 0 Å². The van der Waals surface area contributed by atoms with Gasteiger partial charge in [0.15, 0.2) is 0 Å². The topological polar surface area (TPSA) is 62.0 Å². The molecule has 0 bridgehead atoms. The van der Waals surface area contributed by atoms with Gasteiger partial charge in [0, 0.05) is 23.5 Å². The number of benzene rings is 1. The fourth-order valence-electron chi connectivity index (χ4n) is 1.73. The van der Waals surface area contributed by atoms with Gasteiger partial charge in [0.25, 0.3) is 5.91 Å². The number of aryl methyl sites for hydroxylation is 2. The molecule has 0 radical (unpaired) electrons. The maximum absolute atomic E-state index is 11.9. The van der Waals surface area contributed by atoms with Gasteiger partial charge in [-0.3, -0.25) is 9.59 Å². The van der Waals surface area contributed by atoms with E-state index in [1.807, 2.05) is 32.0 Å². The molecule has 0 fully saturated rings. The molecule has 1 aromatic heterocycles. The van der Waals surface area contributed by atoms with Crippen LogP contribution in [0.5, 0.6) is 0 Å². The Bertz CT molecular complexity index is 644. The molecule has 0 atom stereocenters. The maximum atomic E-state index is 11.9. The molecule has 0 saturated carbocycles. The highest BCUT2D eigenvalue weighted by atomic mass is 16.2. The summed E-state index contributed by atoms with van der Waals surface area (Å²) >= 11 is 0. The molecule has 2 aromatic rings. The van der Waals surface area contributed by atoms with Crippen molar-refractivity contribution in [1.82, 2.24) is 4.98 Å². The van der Waals surface area contributed by atoms with Crippen molar-refractivity contribution in [2.75, 3.05) is 5.32 Å². The predicted octanol–water partition coefficient (Wildman–Crippen LogP) is 2.24. The van der Waals surface area contributed by atoms with Gasteiger partial charge >= 0.3 is 0 Å². The summed E-state index contributed by atoms with van der Waals surface area (Å²) in [4.78, 5) is 25.5. The van der Waals surface area contributed by atoms with Crippen molar-refractivity contribution in [1.29, 1.82) is 0 Å². The van der Waals surface area contributed by atoms with E-state index in [2.05, 4.69) is 10.3 Å². The van der Waals surface area contributed by atoms with Crippen LogP contribution < -0.4 is 10.9 Å². The molecule has 1 aromatic carbocycles. The summed E-state index contributed by atoms with van der Waals surface area (Å²) in [7, 11) is 0. The zero-order valence-electron chi connectivity index (χ0n) is 10.3. The van der Waals surface area contributed by atoms with Crippen molar-refractivity contribution in [3.05, 3.63) is 63.6 Å². The van der Waals surface area contributed by atoms with E-state index in [1.165, 1.54) is 12.3 Å². The minimum absolute atomic E-state index is 0.284. The Morgan fingerprint density at radius 2 is 1.94 bits per heavy atom. The monoisotopic (exact) mass is 242 g/mol. The Hall–Kier alpha value is -2.36. The second kappa shape index (κ2) is 4.87. The Kier molecular flexibility index (Phi) is 3.28. The molecule has 18 heavy (non-hydrogen) atoms. The largest absolute Gasteiger partial charge is 0.329 e. The van der Waals surface area contributed by atoms with Crippen LogP contribution in [0.4, 0.5) is 5.69 Å². The standard InChI is InChI=1S/C14H14N2O2/c1-9-3-4-12(10(2)7-9)16-14(18)11-5-6-15-13(17)8-11/h3-8H,1-2H3,(H,15,17)(H,16,18). The first-order chi connectivity index (χ1) is 8.56. The number of carbonyl (C=O) groups is 1. The molecule has 4 nitrogen and oxygen atoms in total. The van der Waals surface area contributed by atoms with Crippen molar-refractivity contribution >= 4 is 11.6 Å². The van der Waals surface area contributed by atoms with Crippen LogP contribution in [0.3, 0.4) is 0 Å². The van der Waals surface area contributed by atoms with E-state index in [0.29, 0.717) is 5.56 Å². The van der Waals surface area contributed by atoms with Gasteiger partial charge in [-0.05, 0) is 31.5 Å². The van der Waals surface area contributed by atoms with E-state index < -0.39 is 0 Å². The molecule has 0 unspecified atom stereocenters. The summed E-state index contributed by atoms with van der Waals surface area (Å²) < 4.78 is 0. The van der Waals surface area contributed by atoms with Crippen molar-refractivity contribution in [3.8, 4) is 0 Å². The molecule has 0 aliphatic rings. The maximum Gasteiger partial charge on any atom is 0.255 e. The van der Waals surface area contributed by atoms with Gasteiger partial charge in [-0.2, -0.15) is 0 Å². The predicted molar refractivity (Wildman–Crippen MR) is 70.9 cm³/mol. The van der Waals surface area contributed by atoms with Crippen molar-refractivity contribution in [2.24, 2.45) is 0 Å². The van der Waals surface area contributed by atoms with Gasteiger partial charge in [-0.25, -0.2) is 0 Å². The number of nitrogens with one attached hydrogen (secondary N) is 2. The number of H-pyrrole nitrogens is 1. The minimum atomic E-state index is -0.289. The summed E-state index contributed by atoms with van der Waals surface area (Å²) in [5.41, 5.74) is 2.95. The van der Waals surface area contributed by atoms with Crippen LogP contribution in [-0.4, -0.2) is 10.9 Å². The SMILES string of the molecule is Cc1ccc(NC(=O)c2cc[nH]c(=O)c2)c(C)c1. The lowest BCUT2D eigenvalue weighted by Crippen LogP contribution is -2.16. The van der Waals surface area contributed by atoms with Gasteiger partial charge < -0.3 is 10.3 Å². The Morgan fingerprint density at radius 1 is 1.17 bits per heavy atom. The van der Waals surface area contributed by atoms with Crippen molar-refractivity contribution < 1.29 is 4.79 Å². The number of anilines is 1. The van der Waals surface area contributed by atoms with Crippen molar-refractivity contribution in [2.45, 2.75) is 13.8 Å². The number of amides is 1. The molecule has 1 amide bonds. The quantitative estimate of drug-likeness (QED) is 0.848. The highest BCUT2D eigenvalue weighted by Gasteiger charge is 2.07. The Morgan fingerprint density at radius 3 is 2.61 bits per heavy atom. The highest BCUT2D eigenvalue weighted by molar-refractivity contribution is 6.04. The van der Waals surface area contributed by atoms with Crippen LogP contribution in [0.2, 0.25) is 0 Å². The molecular weight excluding hydrogens is 228 g/mol. The highest BCUT2D eigenvalue weighted by Crippen LogP contribution is 2.16. The van der Waals surface area contributed by atoms with Crippen LogP contribution in [0.15, 0.2) is 41.3 Å². The molecule has 0 saturated heterocycles. The van der Waals surface area contributed by atoms with Gasteiger partial charge in [0.1, 0.15) is 0 Å². The van der Waals surface area contributed by atoms with Gasteiger partial charge in [-0.15, -0.1) is 0 Å². The number of hydrogen-bond acceptors (Lipinski definition) is 2. The minimum Gasteiger partial charge on any atom is -0.329 e. The summed E-state index contributed by atoms with van der Waals surface area (Å²) in [6, 6.07) is 8.63. The van der Waals surface area contributed by atoms with Crippen molar-refractivity contribution in [3.63, 3.8) is 0 Å². The Balaban J connectivity index is 2.24. The van der Waals surface area contributed by atoms with Gasteiger partial charge in [-0.1, -0.05) is 17.7 Å². The first-order valence-corrected chi connectivity index (χ1v) is 5.63. The summed E-state index contributed by atoms with van der Waals surface area (Å²) in [6.45, 7) is 3.93. The lowest BCUT2D eigenvalue weighted by atomic mass is 10.1. The fraction of sp³-hybridized carbons (Fsp3) is 0.143. The summed E-state index contributed by atoms with van der Waals surface area (Å²) in [5.74, 6) is -0.284.